The zero-order valence-electron chi connectivity index (χ0n) is 16.3. The highest BCUT2D eigenvalue weighted by atomic mass is 31.2. The summed E-state index contributed by atoms with van der Waals surface area (Å²) in [6.07, 6.45) is 0. The van der Waals surface area contributed by atoms with Crippen molar-refractivity contribution in [3.8, 4) is 16.9 Å². The third-order valence-electron chi connectivity index (χ3n) is 5.15. The molecule has 1 heterocycles. The Morgan fingerprint density at radius 3 is 1.79 bits per heavy atom. The van der Waals surface area contributed by atoms with Crippen LogP contribution in [0.15, 0.2) is 84.9 Å². The van der Waals surface area contributed by atoms with Gasteiger partial charge in [-0.05, 0) is 53.4 Å². The molecule has 0 fully saturated rings. The first-order chi connectivity index (χ1) is 13.5. The quantitative estimate of drug-likeness (QED) is 0.313. The topological polar surface area (TPSA) is 26.3 Å². The van der Waals surface area contributed by atoms with Crippen LogP contribution in [0, 0.1) is 13.8 Å². The summed E-state index contributed by atoms with van der Waals surface area (Å²) in [6.45, 7) is 5.98. The van der Waals surface area contributed by atoms with Crippen LogP contribution in [0.2, 0.25) is 0 Å². The molecule has 1 aliphatic heterocycles. The van der Waals surface area contributed by atoms with Gasteiger partial charge in [-0.15, -0.1) is 0 Å². The van der Waals surface area contributed by atoms with Crippen molar-refractivity contribution in [2.24, 2.45) is 0 Å². The van der Waals surface area contributed by atoms with E-state index in [2.05, 4.69) is 50.2 Å². The van der Waals surface area contributed by atoms with Crippen molar-refractivity contribution in [1.29, 1.82) is 0 Å². The Morgan fingerprint density at radius 2 is 1.14 bits per heavy atom. The lowest BCUT2D eigenvalue weighted by molar-refractivity contribution is 0.497. The van der Waals surface area contributed by atoms with Gasteiger partial charge < -0.3 is 4.52 Å². The van der Waals surface area contributed by atoms with Crippen LogP contribution in [0.3, 0.4) is 0 Å². The van der Waals surface area contributed by atoms with E-state index in [0.29, 0.717) is 5.75 Å². The molecule has 1 atom stereocenters. The van der Waals surface area contributed by atoms with E-state index >= 15 is 0 Å². The number of hydrogen-bond acceptors (Lipinski definition) is 2. The summed E-state index contributed by atoms with van der Waals surface area (Å²) in [7, 11) is -2.71. The van der Waals surface area contributed by atoms with E-state index in [1.165, 1.54) is 21.9 Å². The highest BCUT2D eigenvalue weighted by molar-refractivity contribution is 7.67. The van der Waals surface area contributed by atoms with Gasteiger partial charge >= 0.3 is 0 Å². The smallest absolute Gasteiger partial charge is 0.274 e. The summed E-state index contributed by atoms with van der Waals surface area (Å²) in [5.41, 5.74) is 4.76. The molecule has 4 aromatic carbocycles. The van der Waals surface area contributed by atoms with E-state index < -0.39 is 7.37 Å². The summed E-state index contributed by atoms with van der Waals surface area (Å²) in [6, 6.07) is 28.3. The lowest BCUT2D eigenvalue weighted by Crippen LogP contribution is -2.16. The molecule has 5 rings (SSSR count). The highest BCUT2D eigenvalue weighted by Gasteiger charge is 2.30. The number of rotatable bonds is 0. The second-order valence-electron chi connectivity index (χ2n) is 7.20. The fraction of sp³-hybridized carbons (Fsp3) is 0.120. The molecular weight excluding hydrogens is 363 g/mol. The van der Waals surface area contributed by atoms with E-state index in [0.717, 1.165) is 16.4 Å². The van der Waals surface area contributed by atoms with Crippen LogP contribution in [0.1, 0.15) is 11.1 Å². The van der Waals surface area contributed by atoms with Crippen molar-refractivity contribution in [1.82, 2.24) is 0 Å². The van der Waals surface area contributed by atoms with Gasteiger partial charge in [0.25, 0.3) is 7.37 Å². The average Bonchev–Trinajstić information content (AvgIpc) is 2.71. The fourth-order valence-electron chi connectivity index (χ4n) is 3.66. The van der Waals surface area contributed by atoms with Crippen molar-refractivity contribution < 1.29 is 9.09 Å². The summed E-state index contributed by atoms with van der Waals surface area (Å²) in [5, 5.41) is 3.56. The minimum atomic E-state index is -2.71. The van der Waals surface area contributed by atoms with E-state index in [1.807, 2.05) is 48.5 Å². The third-order valence-corrected chi connectivity index (χ3v) is 6.96. The number of hydrogen-bond donors (Lipinski definition) is 0. The summed E-state index contributed by atoms with van der Waals surface area (Å²) >= 11 is 0. The second kappa shape index (κ2) is 7.30. The number of benzene rings is 4. The van der Waals surface area contributed by atoms with Gasteiger partial charge in [0.15, 0.2) is 0 Å². The van der Waals surface area contributed by atoms with Crippen molar-refractivity contribution >= 4 is 23.4 Å². The maximum atomic E-state index is 12.4. The first-order valence-electron chi connectivity index (χ1n) is 9.38. The molecule has 3 heteroatoms. The molecule has 1 unspecified atom stereocenters. The second-order valence-corrected chi connectivity index (χ2v) is 9.55. The van der Waals surface area contributed by atoms with E-state index in [4.69, 9.17) is 4.52 Å². The largest absolute Gasteiger partial charge is 0.439 e. The predicted molar refractivity (Wildman–Crippen MR) is 119 cm³/mol. The SMILES string of the molecule is CP1(=O)Oc2ccccc2-c2ccccc21.Cc1ccc(C)c2ccccc12. The third kappa shape index (κ3) is 3.37. The first-order valence-corrected chi connectivity index (χ1v) is 11.5. The predicted octanol–water partition coefficient (Wildman–Crippen LogP) is 6.74. The maximum Gasteiger partial charge on any atom is 0.274 e. The van der Waals surface area contributed by atoms with Crippen LogP contribution >= 0.6 is 7.37 Å². The molecule has 0 amide bonds. The molecule has 0 aliphatic carbocycles. The molecule has 28 heavy (non-hydrogen) atoms. The Kier molecular flexibility index (Phi) is 4.83. The lowest BCUT2D eigenvalue weighted by atomic mass is 10.0. The summed E-state index contributed by atoms with van der Waals surface area (Å²) < 4.78 is 18.0. The van der Waals surface area contributed by atoms with Gasteiger partial charge in [0, 0.05) is 12.2 Å². The van der Waals surface area contributed by atoms with Crippen LogP contribution in [0.25, 0.3) is 21.9 Å². The normalized spacial score (nSPS) is 17.0. The molecular formula is C25H23O2P. The molecule has 4 aromatic rings. The maximum absolute atomic E-state index is 12.4. The Balaban J connectivity index is 0.000000143. The van der Waals surface area contributed by atoms with E-state index in [9.17, 15) is 4.57 Å². The monoisotopic (exact) mass is 386 g/mol. The Bertz CT molecular complexity index is 1170. The van der Waals surface area contributed by atoms with Gasteiger partial charge in [-0.1, -0.05) is 72.8 Å². The molecule has 0 aromatic heterocycles. The summed E-state index contributed by atoms with van der Waals surface area (Å²) in [4.78, 5) is 0. The van der Waals surface area contributed by atoms with Gasteiger partial charge in [0.05, 0.1) is 5.30 Å². The van der Waals surface area contributed by atoms with Gasteiger partial charge in [0.1, 0.15) is 5.75 Å². The van der Waals surface area contributed by atoms with Crippen molar-refractivity contribution in [2.75, 3.05) is 6.66 Å². The number of para-hydroxylation sites is 1. The minimum absolute atomic E-state index is 0.715. The van der Waals surface area contributed by atoms with Crippen LogP contribution in [0.5, 0.6) is 5.75 Å². The number of aryl methyl sites for hydroxylation is 2. The molecule has 2 nitrogen and oxygen atoms in total. The van der Waals surface area contributed by atoms with Crippen molar-refractivity contribution in [3.63, 3.8) is 0 Å². The molecule has 140 valence electrons. The Morgan fingerprint density at radius 1 is 0.643 bits per heavy atom. The first kappa shape index (κ1) is 18.5. The standard InChI is InChI=1S/C13H11O2P.C12H12/c1-16(14)13-9-5-3-7-11(13)10-6-2-4-8-12(10)15-16;1-9-7-8-10(2)12-6-4-3-5-11(9)12/h2-9H,1H3;3-8H,1-2H3. The molecule has 0 N–H and O–H groups in total. The minimum Gasteiger partial charge on any atom is -0.439 e. The Labute approximate surface area is 166 Å². The zero-order valence-corrected chi connectivity index (χ0v) is 17.2. The van der Waals surface area contributed by atoms with E-state index in [1.54, 1.807) is 6.66 Å². The van der Waals surface area contributed by atoms with Gasteiger partial charge in [-0.25, -0.2) is 0 Å². The molecule has 0 saturated carbocycles. The lowest BCUT2D eigenvalue weighted by Gasteiger charge is -2.25. The van der Waals surface area contributed by atoms with Gasteiger partial charge in [-0.3, -0.25) is 4.57 Å². The molecule has 0 radical (unpaired) electrons. The highest BCUT2D eigenvalue weighted by Crippen LogP contribution is 2.51. The van der Waals surface area contributed by atoms with Gasteiger partial charge in [0.2, 0.25) is 0 Å². The summed E-state index contributed by atoms with van der Waals surface area (Å²) in [5.74, 6) is 0.715. The van der Waals surface area contributed by atoms with Crippen molar-refractivity contribution in [3.05, 3.63) is 96.1 Å². The fourth-order valence-corrected chi connectivity index (χ4v) is 5.28. The molecule has 1 aliphatic rings. The molecule has 0 saturated heterocycles. The van der Waals surface area contributed by atoms with Crippen LogP contribution in [0.4, 0.5) is 0 Å². The van der Waals surface area contributed by atoms with Crippen LogP contribution in [-0.2, 0) is 4.57 Å². The zero-order chi connectivity index (χ0) is 19.7. The molecule has 0 bridgehead atoms. The van der Waals surface area contributed by atoms with Crippen LogP contribution in [-0.4, -0.2) is 6.66 Å². The number of fused-ring (bicyclic) bond motifs is 4. The Hall–Kier alpha value is -2.83. The molecule has 0 spiro atoms. The van der Waals surface area contributed by atoms with Gasteiger partial charge in [-0.2, -0.15) is 0 Å². The van der Waals surface area contributed by atoms with E-state index in [-0.39, 0.29) is 0 Å². The van der Waals surface area contributed by atoms with Crippen LogP contribution < -0.4 is 9.83 Å². The van der Waals surface area contributed by atoms with Crippen molar-refractivity contribution in [2.45, 2.75) is 13.8 Å². The average molecular weight is 386 g/mol.